The van der Waals surface area contributed by atoms with E-state index < -0.39 is 11.8 Å². The van der Waals surface area contributed by atoms with Crippen LogP contribution in [0.1, 0.15) is 40.1 Å². The van der Waals surface area contributed by atoms with E-state index >= 15 is 0 Å². The van der Waals surface area contributed by atoms with Crippen LogP contribution in [0.3, 0.4) is 0 Å². The zero-order valence-electron chi connectivity index (χ0n) is 17.4. The first kappa shape index (κ1) is 22.5. The van der Waals surface area contributed by atoms with Crippen molar-refractivity contribution in [3.63, 3.8) is 0 Å². The summed E-state index contributed by atoms with van der Waals surface area (Å²) in [6, 6.07) is 11.1. The highest BCUT2D eigenvalue weighted by atomic mass is 16.5. The van der Waals surface area contributed by atoms with Gasteiger partial charge in [0.1, 0.15) is 0 Å². The highest BCUT2D eigenvalue weighted by molar-refractivity contribution is 5.99. The molecule has 0 saturated heterocycles. The fourth-order valence-electron chi connectivity index (χ4n) is 2.50. The average molecular weight is 414 g/mol. The lowest BCUT2D eigenvalue weighted by atomic mass is 10.1. The van der Waals surface area contributed by atoms with Gasteiger partial charge in [0.25, 0.3) is 11.8 Å². The molecular weight excluding hydrogens is 388 g/mol. The summed E-state index contributed by atoms with van der Waals surface area (Å²) in [5.74, 6) is -0.0701. The predicted octanol–water partition coefficient (Wildman–Crippen LogP) is 1.99. The molecule has 0 aliphatic carbocycles. The maximum atomic E-state index is 12.3. The van der Waals surface area contributed by atoms with E-state index in [9.17, 15) is 14.4 Å². The third-order valence-electron chi connectivity index (χ3n) is 4.02. The molecule has 0 saturated carbocycles. The van der Waals surface area contributed by atoms with Gasteiger partial charge in [-0.1, -0.05) is 12.1 Å². The van der Waals surface area contributed by atoms with Crippen molar-refractivity contribution in [3.05, 3.63) is 59.2 Å². The Labute approximate surface area is 175 Å². The first-order valence-corrected chi connectivity index (χ1v) is 9.30. The van der Waals surface area contributed by atoms with Crippen LogP contribution in [-0.2, 0) is 6.54 Å². The van der Waals surface area contributed by atoms with E-state index in [2.05, 4.69) is 21.5 Å². The van der Waals surface area contributed by atoms with E-state index in [4.69, 9.17) is 9.47 Å². The Balaban J connectivity index is 1.89. The molecule has 2 aromatic rings. The zero-order chi connectivity index (χ0) is 22.1. The van der Waals surface area contributed by atoms with E-state index in [-0.39, 0.29) is 12.1 Å². The van der Waals surface area contributed by atoms with Gasteiger partial charge in [-0.2, -0.15) is 0 Å². The van der Waals surface area contributed by atoms with Crippen LogP contribution in [0.2, 0.25) is 0 Å². The number of amides is 4. The van der Waals surface area contributed by atoms with E-state index in [1.165, 1.54) is 20.3 Å². The standard InChI is InChI=1S/C21H26N4O5/c1-13(2)23-21(28)22-12-14-5-7-15(8-6-14)19(26)24-25-20(27)16-9-10-17(29-3)18(11-16)30-4/h5-11,13H,12H2,1-4H3,(H,24,26)(H,25,27)(H2,22,23,28). The number of methoxy groups -OCH3 is 2. The molecule has 0 unspecified atom stereocenters. The van der Waals surface area contributed by atoms with Crippen molar-refractivity contribution in [2.24, 2.45) is 0 Å². The number of carbonyl (C=O) groups excluding carboxylic acids is 3. The molecule has 0 radical (unpaired) electrons. The van der Waals surface area contributed by atoms with Gasteiger partial charge < -0.3 is 20.1 Å². The number of hydrogen-bond donors (Lipinski definition) is 4. The van der Waals surface area contributed by atoms with Gasteiger partial charge >= 0.3 is 6.03 Å². The van der Waals surface area contributed by atoms with Gasteiger partial charge in [0.05, 0.1) is 14.2 Å². The van der Waals surface area contributed by atoms with Crippen molar-refractivity contribution in [2.75, 3.05) is 14.2 Å². The molecule has 0 aromatic heterocycles. The lowest BCUT2D eigenvalue weighted by Gasteiger charge is -2.11. The number of hydrazine groups is 1. The van der Waals surface area contributed by atoms with Gasteiger partial charge in [0, 0.05) is 23.7 Å². The topological polar surface area (TPSA) is 118 Å². The van der Waals surface area contributed by atoms with Crippen molar-refractivity contribution in [2.45, 2.75) is 26.4 Å². The molecule has 4 N–H and O–H groups in total. The van der Waals surface area contributed by atoms with Crippen LogP contribution in [0.4, 0.5) is 4.79 Å². The molecule has 0 atom stereocenters. The molecule has 9 heteroatoms. The predicted molar refractivity (Wildman–Crippen MR) is 111 cm³/mol. The normalized spacial score (nSPS) is 10.2. The van der Waals surface area contributed by atoms with Gasteiger partial charge in [0.2, 0.25) is 0 Å². The van der Waals surface area contributed by atoms with Crippen LogP contribution in [-0.4, -0.2) is 38.1 Å². The summed E-state index contributed by atoms with van der Waals surface area (Å²) in [6.45, 7) is 4.07. The summed E-state index contributed by atoms with van der Waals surface area (Å²) < 4.78 is 10.3. The Morgan fingerprint density at radius 2 is 1.40 bits per heavy atom. The molecule has 0 aliphatic heterocycles. The van der Waals surface area contributed by atoms with Crippen molar-refractivity contribution in [1.29, 1.82) is 0 Å². The molecule has 2 rings (SSSR count). The number of benzene rings is 2. The Hall–Kier alpha value is -3.75. The molecule has 0 bridgehead atoms. The number of ether oxygens (including phenoxy) is 2. The SMILES string of the molecule is COc1ccc(C(=O)NNC(=O)c2ccc(CNC(=O)NC(C)C)cc2)cc1OC. The number of hydrogen-bond acceptors (Lipinski definition) is 5. The molecule has 2 aromatic carbocycles. The van der Waals surface area contributed by atoms with Crippen molar-refractivity contribution >= 4 is 17.8 Å². The summed E-state index contributed by atoms with van der Waals surface area (Å²) in [5, 5.41) is 5.46. The van der Waals surface area contributed by atoms with Gasteiger partial charge in [-0.05, 0) is 49.7 Å². The highest BCUT2D eigenvalue weighted by Gasteiger charge is 2.12. The van der Waals surface area contributed by atoms with Gasteiger partial charge in [-0.15, -0.1) is 0 Å². The third kappa shape index (κ3) is 6.40. The fourth-order valence-corrected chi connectivity index (χ4v) is 2.50. The van der Waals surface area contributed by atoms with Crippen LogP contribution in [0.5, 0.6) is 11.5 Å². The second-order valence-corrected chi connectivity index (χ2v) is 6.66. The van der Waals surface area contributed by atoms with Gasteiger partial charge in [0.15, 0.2) is 11.5 Å². The lowest BCUT2D eigenvalue weighted by molar-refractivity contribution is 0.0846. The maximum Gasteiger partial charge on any atom is 0.315 e. The number of carbonyl (C=O) groups is 3. The van der Waals surface area contributed by atoms with Crippen molar-refractivity contribution < 1.29 is 23.9 Å². The second-order valence-electron chi connectivity index (χ2n) is 6.66. The molecule has 9 nitrogen and oxygen atoms in total. The summed E-state index contributed by atoms with van der Waals surface area (Å²) in [5.41, 5.74) is 6.22. The van der Waals surface area contributed by atoms with Crippen molar-refractivity contribution in [3.8, 4) is 11.5 Å². The van der Waals surface area contributed by atoms with Crippen LogP contribution in [0.15, 0.2) is 42.5 Å². The van der Waals surface area contributed by atoms with Crippen molar-refractivity contribution in [1.82, 2.24) is 21.5 Å². The lowest BCUT2D eigenvalue weighted by Crippen LogP contribution is -2.41. The Kier molecular flexibility index (Phi) is 8.04. The zero-order valence-corrected chi connectivity index (χ0v) is 17.4. The van der Waals surface area contributed by atoms with E-state index in [0.29, 0.717) is 29.2 Å². The summed E-state index contributed by atoms with van der Waals surface area (Å²) in [7, 11) is 2.97. The summed E-state index contributed by atoms with van der Waals surface area (Å²) in [6.07, 6.45) is 0. The Morgan fingerprint density at radius 1 is 0.833 bits per heavy atom. The molecule has 0 aliphatic rings. The smallest absolute Gasteiger partial charge is 0.315 e. The number of urea groups is 1. The summed E-state index contributed by atoms with van der Waals surface area (Å²) >= 11 is 0. The maximum absolute atomic E-state index is 12.3. The molecule has 0 fully saturated rings. The van der Waals surface area contributed by atoms with E-state index in [0.717, 1.165) is 5.56 Å². The number of rotatable bonds is 7. The Morgan fingerprint density at radius 3 is 1.97 bits per heavy atom. The van der Waals surface area contributed by atoms with Crippen LogP contribution < -0.4 is 31.0 Å². The molecule has 0 heterocycles. The molecule has 4 amide bonds. The monoisotopic (exact) mass is 414 g/mol. The largest absolute Gasteiger partial charge is 0.493 e. The van der Waals surface area contributed by atoms with Gasteiger partial charge in [-0.3, -0.25) is 20.4 Å². The summed E-state index contributed by atoms with van der Waals surface area (Å²) in [4.78, 5) is 36.1. The third-order valence-corrected chi connectivity index (χ3v) is 4.02. The van der Waals surface area contributed by atoms with Gasteiger partial charge in [-0.25, -0.2) is 4.79 Å². The second kappa shape index (κ2) is 10.7. The Bertz CT molecular complexity index is 897. The molecular formula is C21H26N4O5. The van der Waals surface area contributed by atoms with E-state index in [1.807, 2.05) is 13.8 Å². The molecule has 0 spiro atoms. The van der Waals surface area contributed by atoms with E-state index in [1.54, 1.807) is 36.4 Å². The quantitative estimate of drug-likeness (QED) is 0.517. The first-order chi connectivity index (χ1) is 14.3. The van der Waals surface area contributed by atoms with Crippen LogP contribution >= 0.6 is 0 Å². The first-order valence-electron chi connectivity index (χ1n) is 9.30. The molecule has 30 heavy (non-hydrogen) atoms. The minimum atomic E-state index is -0.499. The minimum Gasteiger partial charge on any atom is -0.493 e. The molecule has 160 valence electrons. The fraction of sp³-hybridized carbons (Fsp3) is 0.286. The minimum absolute atomic E-state index is 0.0466. The number of nitrogens with one attached hydrogen (secondary N) is 4. The van der Waals surface area contributed by atoms with Crippen LogP contribution in [0, 0.1) is 0 Å². The average Bonchev–Trinajstić information content (AvgIpc) is 2.75. The highest BCUT2D eigenvalue weighted by Crippen LogP contribution is 2.27. The van der Waals surface area contributed by atoms with Crippen LogP contribution in [0.25, 0.3) is 0 Å².